The van der Waals surface area contributed by atoms with Gasteiger partial charge >= 0.3 is 0 Å². The molecule has 0 unspecified atom stereocenters. The van der Waals surface area contributed by atoms with E-state index in [4.69, 9.17) is 11.0 Å². The number of hydrogen-bond donors (Lipinski definition) is 3. The number of carbonyl (C=O) groups is 3. The summed E-state index contributed by atoms with van der Waals surface area (Å²) in [5, 5.41) is 14.0. The Hall–Kier alpha value is -2.95. The lowest BCUT2D eigenvalue weighted by Crippen LogP contribution is -2.47. The average Bonchev–Trinajstić information content (AvgIpc) is 3.21. The van der Waals surface area contributed by atoms with Gasteiger partial charge in [-0.3, -0.25) is 14.4 Å². The highest BCUT2D eigenvalue weighted by Crippen LogP contribution is 2.28. The molecule has 0 spiro atoms. The second kappa shape index (κ2) is 11.1. The van der Waals surface area contributed by atoms with Crippen molar-refractivity contribution in [2.24, 2.45) is 11.7 Å². The molecule has 0 aromatic heterocycles. The van der Waals surface area contributed by atoms with Crippen molar-refractivity contribution in [2.75, 3.05) is 0 Å². The molecule has 8 heteroatoms. The summed E-state index contributed by atoms with van der Waals surface area (Å²) >= 11 is 0. The number of benzene rings is 1. The molecule has 156 valence electrons. The lowest BCUT2D eigenvalue weighted by Gasteiger charge is -2.19. The molecule has 0 radical (unpaired) electrons. The number of amides is 3. The molecule has 3 amide bonds. The van der Waals surface area contributed by atoms with Gasteiger partial charge in [0.25, 0.3) is 0 Å². The molecule has 0 saturated heterocycles. The average molecular weight is 402 g/mol. The smallest absolute Gasteiger partial charge is 0.242 e. The minimum atomic E-state index is -0.917. The lowest BCUT2D eigenvalue weighted by molar-refractivity contribution is -0.129. The van der Waals surface area contributed by atoms with Crippen molar-refractivity contribution in [3.05, 3.63) is 35.1 Å². The minimum absolute atomic E-state index is 0.0494. The van der Waals surface area contributed by atoms with Gasteiger partial charge in [-0.1, -0.05) is 31.7 Å². The normalized spacial score (nSPS) is 14.8. The second-order valence-electron chi connectivity index (χ2n) is 7.45. The summed E-state index contributed by atoms with van der Waals surface area (Å²) in [6.45, 7) is -0.0958. The van der Waals surface area contributed by atoms with Crippen LogP contribution in [-0.4, -0.2) is 23.8 Å². The lowest BCUT2D eigenvalue weighted by atomic mass is 10.0. The Morgan fingerprint density at radius 1 is 1.24 bits per heavy atom. The quantitative estimate of drug-likeness (QED) is 0.554. The highest BCUT2D eigenvalue weighted by Gasteiger charge is 2.23. The number of nitrogens with zero attached hydrogens (tertiary/aromatic N) is 1. The molecule has 1 atom stereocenters. The fraction of sp³-hybridized carbons (Fsp3) is 0.524. The molecule has 0 heterocycles. The van der Waals surface area contributed by atoms with Crippen LogP contribution in [0.3, 0.4) is 0 Å². The van der Waals surface area contributed by atoms with Crippen molar-refractivity contribution >= 4 is 17.7 Å². The van der Waals surface area contributed by atoms with Crippen molar-refractivity contribution in [1.82, 2.24) is 10.6 Å². The number of halogens is 1. The van der Waals surface area contributed by atoms with Gasteiger partial charge in [0.15, 0.2) is 0 Å². The van der Waals surface area contributed by atoms with Crippen LogP contribution in [-0.2, 0) is 20.9 Å². The van der Waals surface area contributed by atoms with Crippen LogP contribution in [0.5, 0.6) is 0 Å². The SMILES string of the molecule is N#Cc1ccc(CNC(=O)[C@H](CCC(N)=O)NC(=O)CCC2CCCC2)c(F)c1. The summed E-state index contributed by atoms with van der Waals surface area (Å²) < 4.78 is 14.0. The van der Waals surface area contributed by atoms with Crippen LogP contribution in [0.25, 0.3) is 0 Å². The molecule has 29 heavy (non-hydrogen) atoms. The first-order valence-corrected chi connectivity index (χ1v) is 9.93. The summed E-state index contributed by atoms with van der Waals surface area (Å²) in [5.41, 5.74) is 5.57. The van der Waals surface area contributed by atoms with E-state index in [2.05, 4.69) is 10.6 Å². The molecule has 0 bridgehead atoms. The number of nitrogens with one attached hydrogen (secondary N) is 2. The van der Waals surface area contributed by atoms with E-state index in [1.54, 1.807) is 0 Å². The topological polar surface area (TPSA) is 125 Å². The number of hydrogen-bond acceptors (Lipinski definition) is 4. The third-order valence-corrected chi connectivity index (χ3v) is 5.22. The molecule has 1 saturated carbocycles. The molecular weight excluding hydrogens is 375 g/mol. The van der Waals surface area contributed by atoms with Gasteiger partial charge in [0.2, 0.25) is 17.7 Å². The maximum Gasteiger partial charge on any atom is 0.242 e. The van der Waals surface area contributed by atoms with Gasteiger partial charge in [-0.2, -0.15) is 5.26 Å². The molecule has 1 aromatic carbocycles. The Morgan fingerprint density at radius 2 is 1.97 bits per heavy atom. The van der Waals surface area contributed by atoms with Crippen LogP contribution < -0.4 is 16.4 Å². The van der Waals surface area contributed by atoms with E-state index in [1.807, 2.05) is 6.07 Å². The monoisotopic (exact) mass is 402 g/mol. The van der Waals surface area contributed by atoms with Crippen LogP contribution in [0.4, 0.5) is 4.39 Å². The Balaban J connectivity index is 1.90. The fourth-order valence-corrected chi connectivity index (χ4v) is 3.52. The Labute approximate surface area is 169 Å². The summed E-state index contributed by atoms with van der Waals surface area (Å²) in [6, 6.07) is 4.90. The predicted octanol–water partition coefficient (Wildman–Crippen LogP) is 2.03. The molecule has 1 aliphatic rings. The number of nitriles is 1. The van der Waals surface area contributed by atoms with Crippen LogP contribution in [0.15, 0.2) is 18.2 Å². The van der Waals surface area contributed by atoms with Crippen LogP contribution in [0.2, 0.25) is 0 Å². The highest BCUT2D eigenvalue weighted by atomic mass is 19.1. The molecule has 2 rings (SSSR count). The summed E-state index contributed by atoms with van der Waals surface area (Å²) in [4.78, 5) is 35.9. The van der Waals surface area contributed by atoms with Crippen LogP contribution in [0, 0.1) is 23.1 Å². The molecule has 0 aliphatic heterocycles. The molecule has 7 nitrogen and oxygen atoms in total. The maximum atomic E-state index is 14.0. The fourth-order valence-electron chi connectivity index (χ4n) is 3.52. The summed E-state index contributed by atoms with van der Waals surface area (Å²) in [7, 11) is 0. The van der Waals surface area contributed by atoms with E-state index in [0.29, 0.717) is 12.3 Å². The third-order valence-electron chi connectivity index (χ3n) is 5.22. The van der Waals surface area contributed by atoms with Crippen LogP contribution in [0.1, 0.15) is 62.5 Å². The molecule has 4 N–H and O–H groups in total. The maximum absolute atomic E-state index is 14.0. The van der Waals surface area contributed by atoms with E-state index in [9.17, 15) is 18.8 Å². The van der Waals surface area contributed by atoms with Gasteiger partial charge in [-0.15, -0.1) is 0 Å². The Morgan fingerprint density at radius 3 is 2.59 bits per heavy atom. The molecular formula is C21H27FN4O3. The minimum Gasteiger partial charge on any atom is -0.370 e. The summed E-state index contributed by atoms with van der Waals surface area (Å²) in [6.07, 6.45) is 5.80. The van der Waals surface area contributed by atoms with Gasteiger partial charge in [0.1, 0.15) is 11.9 Å². The molecule has 1 fully saturated rings. The van der Waals surface area contributed by atoms with Gasteiger partial charge in [0.05, 0.1) is 11.6 Å². The van der Waals surface area contributed by atoms with Crippen molar-refractivity contribution in [3.8, 4) is 6.07 Å². The van der Waals surface area contributed by atoms with Crippen molar-refractivity contribution < 1.29 is 18.8 Å². The number of carbonyl (C=O) groups excluding carboxylic acids is 3. The van der Waals surface area contributed by atoms with E-state index in [1.165, 1.54) is 25.0 Å². The number of primary amides is 1. The number of nitrogens with two attached hydrogens (primary N) is 1. The molecule has 1 aliphatic carbocycles. The van der Waals surface area contributed by atoms with E-state index >= 15 is 0 Å². The Kier molecular flexibility index (Phi) is 8.59. The van der Waals surface area contributed by atoms with Gasteiger partial charge in [0, 0.05) is 24.9 Å². The number of rotatable bonds is 10. The van der Waals surface area contributed by atoms with Crippen molar-refractivity contribution in [3.63, 3.8) is 0 Å². The van der Waals surface area contributed by atoms with Gasteiger partial charge in [-0.25, -0.2) is 4.39 Å². The zero-order valence-electron chi connectivity index (χ0n) is 16.4. The first-order chi connectivity index (χ1) is 13.9. The van der Waals surface area contributed by atoms with Crippen molar-refractivity contribution in [2.45, 2.75) is 64.0 Å². The van der Waals surface area contributed by atoms with Gasteiger partial charge in [-0.05, 0) is 30.9 Å². The predicted molar refractivity (Wildman–Crippen MR) is 105 cm³/mol. The standard InChI is InChI=1S/C21H27FN4O3/c22-17-11-15(12-23)5-7-16(17)13-25-21(29)18(8-9-19(24)27)26-20(28)10-6-14-3-1-2-4-14/h5,7,11,14,18H,1-4,6,8-10,13H2,(H2,24,27)(H,25,29)(H,26,28)/t18-/m0/s1. The molecule has 1 aromatic rings. The summed E-state index contributed by atoms with van der Waals surface area (Å²) in [5.74, 6) is -1.37. The first kappa shape index (κ1) is 22.3. The zero-order valence-corrected chi connectivity index (χ0v) is 16.4. The van der Waals surface area contributed by atoms with Gasteiger partial charge < -0.3 is 16.4 Å². The Bertz CT molecular complexity index is 785. The van der Waals surface area contributed by atoms with E-state index < -0.39 is 23.7 Å². The highest BCUT2D eigenvalue weighted by molar-refractivity contribution is 5.88. The van der Waals surface area contributed by atoms with Crippen molar-refractivity contribution in [1.29, 1.82) is 5.26 Å². The van der Waals surface area contributed by atoms with Crippen LogP contribution >= 0.6 is 0 Å². The first-order valence-electron chi connectivity index (χ1n) is 9.93. The van der Waals surface area contributed by atoms with E-state index in [0.717, 1.165) is 25.3 Å². The largest absolute Gasteiger partial charge is 0.370 e. The zero-order chi connectivity index (χ0) is 21.2. The third kappa shape index (κ3) is 7.53. The van der Waals surface area contributed by atoms with E-state index in [-0.39, 0.29) is 36.4 Å². The second-order valence-corrected chi connectivity index (χ2v) is 7.45.